The minimum absolute atomic E-state index is 0.125. The lowest BCUT2D eigenvalue weighted by Gasteiger charge is -2.14. The van der Waals surface area contributed by atoms with Gasteiger partial charge in [-0.15, -0.1) is 0 Å². The molecule has 5 nitrogen and oxygen atoms in total. The molecule has 148 valence electrons. The summed E-state index contributed by atoms with van der Waals surface area (Å²) in [6.45, 7) is 5.54. The summed E-state index contributed by atoms with van der Waals surface area (Å²) in [4.78, 5) is 17.3. The summed E-state index contributed by atoms with van der Waals surface area (Å²) >= 11 is 0. The first kappa shape index (κ1) is 20.1. The molecule has 0 radical (unpaired) electrons. The van der Waals surface area contributed by atoms with Gasteiger partial charge in [0, 0.05) is 17.9 Å². The normalized spacial score (nSPS) is 16.8. The molecule has 0 saturated carbocycles. The molecule has 5 heteroatoms. The van der Waals surface area contributed by atoms with Crippen molar-refractivity contribution >= 4 is 17.6 Å². The Kier molecular flexibility index (Phi) is 7.20. The third-order valence-corrected chi connectivity index (χ3v) is 4.96. The maximum absolute atomic E-state index is 12.7. The standard InChI is InChI=1S/C23H29N3O2/c1-3-17-7-11-19(12-8-17)22(27)26-23(24-16-21-6-5-15-28-21)25-20-13-9-18(4-2)10-14-20/h7-14,21H,3-6,15-16H2,1-2H3,(H2,24,25,26,27)/t21-/m0/s1. The van der Waals surface area contributed by atoms with E-state index >= 15 is 0 Å². The van der Waals surface area contributed by atoms with Crippen LogP contribution < -0.4 is 10.6 Å². The molecule has 0 aliphatic carbocycles. The molecule has 1 heterocycles. The van der Waals surface area contributed by atoms with Gasteiger partial charge in [0.2, 0.25) is 5.96 Å². The summed E-state index contributed by atoms with van der Waals surface area (Å²) in [6, 6.07) is 15.8. The fraction of sp³-hybridized carbons (Fsp3) is 0.391. The summed E-state index contributed by atoms with van der Waals surface area (Å²) in [5.74, 6) is 0.274. The zero-order chi connectivity index (χ0) is 19.8. The fourth-order valence-electron chi connectivity index (χ4n) is 3.12. The number of ether oxygens (including phenoxy) is 1. The molecular formula is C23H29N3O2. The summed E-state index contributed by atoms with van der Waals surface area (Å²) in [7, 11) is 0. The second kappa shape index (κ2) is 10.0. The van der Waals surface area contributed by atoms with Crippen molar-refractivity contribution < 1.29 is 9.53 Å². The number of nitrogens with one attached hydrogen (secondary N) is 2. The lowest BCUT2D eigenvalue weighted by molar-refractivity contribution is 0.0975. The first-order valence-electron chi connectivity index (χ1n) is 10.1. The van der Waals surface area contributed by atoms with Crippen LogP contribution in [-0.2, 0) is 17.6 Å². The Hall–Kier alpha value is -2.66. The van der Waals surface area contributed by atoms with Crippen LogP contribution in [0.4, 0.5) is 5.69 Å². The maximum atomic E-state index is 12.7. The number of hydrogen-bond donors (Lipinski definition) is 2. The lowest BCUT2D eigenvalue weighted by Crippen LogP contribution is -2.36. The van der Waals surface area contributed by atoms with Crippen LogP contribution in [0.3, 0.4) is 0 Å². The van der Waals surface area contributed by atoms with Crippen molar-refractivity contribution in [2.24, 2.45) is 4.99 Å². The van der Waals surface area contributed by atoms with Gasteiger partial charge in [0.1, 0.15) is 0 Å². The molecule has 1 aliphatic heterocycles. The highest BCUT2D eigenvalue weighted by atomic mass is 16.5. The molecule has 1 fully saturated rings. The van der Waals surface area contributed by atoms with Crippen LogP contribution in [0.5, 0.6) is 0 Å². The zero-order valence-electron chi connectivity index (χ0n) is 16.7. The third kappa shape index (κ3) is 5.67. The Morgan fingerprint density at radius 2 is 1.68 bits per heavy atom. The van der Waals surface area contributed by atoms with E-state index < -0.39 is 0 Å². The number of carbonyl (C=O) groups excluding carboxylic acids is 1. The van der Waals surface area contributed by atoms with Gasteiger partial charge in [-0.05, 0) is 61.1 Å². The van der Waals surface area contributed by atoms with Crippen LogP contribution >= 0.6 is 0 Å². The molecule has 0 spiro atoms. The number of rotatable bonds is 6. The molecular weight excluding hydrogens is 350 g/mol. The number of aryl methyl sites for hydroxylation is 2. The number of guanidine groups is 1. The average molecular weight is 380 g/mol. The van der Waals surface area contributed by atoms with Crippen molar-refractivity contribution in [1.29, 1.82) is 0 Å². The van der Waals surface area contributed by atoms with Gasteiger partial charge in [0.15, 0.2) is 0 Å². The third-order valence-electron chi connectivity index (χ3n) is 4.96. The lowest BCUT2D eigenvalue weighted by atomic mass is 10.1. The number of carbonyl (C=O) groups is 1. The van der Waals surface area contributed by atoms with E-state index in [4.69, 9.17) is 4.74 Å². The molecule has 1 saturated heterocycles. The van der Waals surface area contributed by atoms with Gasteiger partial charge in [0.25, 0.3) is 5.91 Å². The number of nitrogens with zero attached hydrogens (tertiary/aromatic N) is 1. The van der Waals surface area contributed by atoms with Crippen molar-refractivity contribution in [2.75, 3.05) is 18.5 Å². The number of anilines is 1. The number of hydrogen-bond acceptors (Lipinski definition) is 3. The summed E-state index contributed by atoms with van der Waals surface area (Å²) in [5, 5.41) is 6.16. The molecule has 1 atom stereocenters. The van der Waals surface area contributed by atoms with Crippen molar-refractivity contribution in [2.45, 2.75) is 45.6 Å². The quantitative estimate of drug-likeness (QED) is 0.584. The summed E-state index contributed by atoms with van der Waals surface area (Å²) in [5.41, 5.74) is 3.98. The van der Waals surface area contributed by atoms with Gasteiger partial charge in [-0.2, -0.15) is 0 Å². The van der Waals surface area contributed by atoms with E-state index in [1.54, 1.807) is 0 Å². The van der Waals surface area contributed by atoms with E-state index in [0.717, 1.165) is 38.0 Å². The zero-order valence-corrected chi connectivity index (χ0v) is 16.7. The minimum Gasteiger partial charge on any atom is -0.376 e. The molecule has 0 bridgehead atoms. The Morgan fingerprint density at radius 3 is 2.25 bits per heavy atom. The highest BCUT2D eigenvalue weighted by Crippen LogP contribution is 2.13. The van der Waals surface area contributed by atoms with E-state index in [2.05, 4.69) is 41.6 Å². The fourth-order valence-corrected chi connectivity index (χ4v) is 3.12. The Balaban J connectivity index is 1.71. The maximum Gasteiger partial charge on any atom is 0.257 e. The van der Waals surface area contributed by atoms with E-state index in [1.165, 1.54) is 11.1 Å². The van der Waals surface area contributed by atoms with Crippen molar-refractivity contribution in [3.05, 3.63) is 65.2 Å². The predicted molar refractivity (Wildman–Crippen MR) is 114 cm³/mol. The van der Waals surface area contributed by atoms with Gasteiger partial charge < -0.3 is 10.1 Å². The Bertz CT molecular complexity index is 792. The SMILES string of the molecule is CCc1ccc(NC(=NC[C@@H]2CCCO2)NC(=O)c2ccc(CC)cc2)cc1. The molecule has 0 aromatic heterocycles. The van der Waals surface area contributed by atoms with Crippen LogP contribution in [0.1, 0.15) is 48.2 Å². The molecule has 2 N–H and O–H groups in total. The summed E-state index contributed by atoms with van der Waals surface area (Å²) in [6.07, 6.45) is 4.14. The van der Waals surface area contributed by atoms with E-state index in [9.17, 15) is 4.79 Å². The second-order valence-corrected chi connectivity index (χ2v) is 7.00. The summed E-state index contributed by atoms with van der Waals surface area (Å²) < 4.78 is 5.65. The van der Waals surface area contributed by atoms with E-state index in [1.807, 2.05) is 36.4 Å². The Labute approximate surface area is 167 Å². The van der Waals surface area contributed by atoms with Crippen LogP contribution in [0.2, 0.25) is 0 Å². The molecule has 2 aromatic rings. The van der Waals surface area contributed by atoms with E-state index in [-0.39, 0.29) is 12.0 Å². The van der Waals surface area contributed by atoms with Gasteiger partial charge in [0.05, 0.1) is 12.6 Å². The number of aliphatic imine (C=N–C) groups is 1. The Morgan fingerprint density at radius 1 is 1.04 bits per heavy atom. The highest BCUT2D eigenvalue weighted by molar-refractivity contribution is 6.09. The predicted octanol–water partition coefficient (Wildman–Crippen LogP) is 4.19. The molecule has 1 amide bonds. The first-order chi connectivity index (χ1) is 13.7. The molecule has 3 rings (SSSR count). The highest BCUT2D eigenvalue weighted by Gasteiger charge is 2.16. The van der Waals surface area contributed by atoms with Crippen LogP contribution in [0.25, 0.3) is 0 Å². The average Bonchev–Trinajstić information content (AvgIpc) is 3.26. The molecule has 28 heavy (non-hydrogen) atoms. The van der Waals surface area contributed by atoms with Gasteiger partial charge in [-0.3, -0.25) is 10.1 Å². The first-order valence-corrected chi connectivity index (χ1v) is 10.1. The number of amides is 1. The number of benzene rings is 2. The van der Waals surface area contributed by atoms with Crippen molar-refractivity contribution in [1.82, 2.24) is 5.32 Å². The van der Waals surface area contributed by atoms with Crippen molar-refractivity contribution in [3.63, 3.8) is 0 Å². The molecule has 1 aliphatic rings. The van der Waals surface area contributed by atoms with Crippen LogP contribution in [0.15, 0.2) is 53.5 Å². The topological polar surface area (TPSA) is 62.7 Å². The minimum atomic E-state index is -0.175. The van der Waals surface area contributed by atoms with E-state index in [0.29, 0.717) is 18.1 Å². The monoisotopic (exact) mass is 379 g/mol. The molecule has 2 aromatic carbocycles. The van der Waals surface area contributed by atoms with Crippen LogP contribution in [-0.4, -0.2) is 31.1 Å². The largest absolute Gasteiger partial charge is 0.376 e. The molecule has 0 unspecified atom stereocenters. The van der Waals surface area contributed by atoms with Crippen molar-refractivity contribution in [3.8, 4) is 0 Å². The van der Waals surface area contributed by atoms with Crippen LogP contribution in [0, 0.1) is 0 Å². The van der Waals surface area contributed by atoms with Gasteiger partial charge >= 0.3 is 0 Å². The second-order valence-electron chi connectivity index (χ2n) is 7.00. The smallest absolute Gasteiger partial charge is 0.257 e. The van der Waals surface area contributed by atoms with Gasteiger partial charge in [-0.25, -0.2) is 4.99 Å². The van der Waals surface area contributed by atoms with Gasteiger partial charge in [-0.1, -0.05) is 38.1 Å².